The van der Waals surface area contributed by atoms with Crippen LogP contribution >= 0.6 is 0 Å². The molecular formula is C13H24N4O2S. The van der Waals surface area contributed by atoms with Gasteiger partial charge < -0.3 is 10.2 Å². The Kier molecular flexibility index (Phi) is 6.38. The molecule has 0 unspecified atom stereocenters. The monoisotopic (exact) mass is 300 g/mol. The van der Waals surface area contributed by atoms with Gasteiger partial charge in [-0.1, -0.05) is 6.92 Å². The number of aromatic nitrogens is 1. The highest BCUT2D eigenvalue weighted by Crippen LogP contribution is 2.14. The van der Waals surface area contributed by atoms with E-state index in [-0.39, 0.29) is 4.90 Å². The van der Waals surface area contributed by atoms with Crippen molar-refractivity contribution in [3.8, 4) is 0 Å². The molecule has 1 N–H and O–H groups in total. The number of rotatable bonds is 8. The largest absolute Gasteiger partial charge is 0.370 e. The van der Waals surface area contributed by atoms with E-state index in [9.17, 15) is 8.42 Å². The summed E-state index contributed by atoms with van der Waals surface area (Å²) in [4.78, 5) is 6.30. The number of nitrogens with one attached hydrogen (secondary N) is 1. The Balaban J connectivity index is 2.76. The molecule has 0 amide bonds. The SMILES string of the molecule is CCCNc1ccc(S(=O)(=O)N(C)CCN(C)C)cn1. The van der Waals surface area contributed by atoms with E-state index in [0.29, 0.717) is 18.9 Å². The third kappa shape index (κ3) is 4.73. The fourth-order valence-electron chi connectivity index (χ4n) is 1.53. The molecule has 0 saturated heterocycles. The molecule has 0 aliphatic carbocycles. The molecule has 20 heavy (non-hydrogen) atoms. The smallest absolute Gasteiger partial charge is 0.244 e. The van der Waals surface area contributed by atoms with Crippen LogP contribution in [0.25, 0.3) is 0 Å². The number of nitrogens with zero attached hydrogens (tertiary/aromatic N) is 3. The summed E-state index contributed by atoms with van der Waals surface area (Å²) in [5.74, 6) is 0.696. The second kappa shape index (κ2) is 7.56. The fraction of sp³-hybridized carbons (Fsp3) is 0.615. The maximum Gasteiger partial charge on any atom is 0.244 e. The van der Waals surface area contributed by atoms with Crippen LogP contribution in [0.3, 0.4) is 0 Å². The van der Waals surface area contributed by atoms with Crippen LogP contribution in [0.5, 0.6) is 0 Å². The topological polar surface area (TPSA) is 65.5 Å². The Bertz CT molecular complexity index is 500. The normalized spacial score (nSPS) is 12.1. The molecule has 0 spiro atoms. The van der Waals surface area contributed by atoms with Crippen molar-refractivity contribution in [1.29, 1.82) is 0 Å². The minimum atomic E-state index is -3.46. The van der Waals surface area contributed by atoms with Gasteiger partial charge in [0.1, 0.15) is 10.7 Å². The van der Waals surface area contributed by atoms with Crippen LogP contribution in [0.4, 0.5) is 5.82 Å². The predicted octanol–water partition coefficient (Wildman–Crippen LogP) is 1.09. The summed E-state index contributed by atoms with van der Waals surface area (Å²) in [6.07, 6.45) is 2.40. The third-order valence-electron chi connectivity index (χ3n) is 2.86. The van der Waals surface area contributed by atoms with E-state index >= 15 is 0 Å². The van der Waals surface area contributed by atoms with Crippen molar-refractivity contribution in [2.24, 2.45) is 0 Å². The van der Waals surface area contributed by atoms with Crippen LogP contribution in [-0.4, -0.2) is 63.4 Å². The van der Waals surface area contributed by atoms with Gasteiger partial charge in [0, 0.05) is 32.9 Å². The minimum absolute atomic E-state index is 0.223. The van der Waals surface area contributed by atoms with Crippen molar-refractivity contribution < 1.29 is 8.42 Å². The molecule has 0 aliphatic rings. The van der Waals surface area contributed by atoms with Gasteiger partial charge >= 0.3 is 0 Å². The van der Waals surface area contributed by atoms with Crippen LogP contribution in [0, 0.1) is 0 Å². The van der Waals surface area contributed by atoms with Crippen LogP contribution in [0.2, 0.25) is 0 Å². The highest BCUT2D eigenvalue weighted by molar-refractivity contribution is 7.89. The van der Waals surface area contributed by atoms with Gasteiger partial charge in [0.15, 0.2) is 0 Å². The Hall–Kier alpha value is -1.18. The fourth-order valence-corrected chi connectivity index (χ4v) is 2.64. The first-order valence-corrected chi connectivity index (χ1v) is 8.13. The molecule has 0 atom stereocenters. The number of anilines is 1. The Morgan fingerprint density at radius 3 is 2.40 bits per heavy atom. The van der Waals surface area contributed by atoms with Gasteiger partial charge in [-0.2, -0.15) is 4.31 Å². The number of hydrogen-bond donors (Lipinski definition) is 1. The van der Waals surface area contributed by atoms with Crippen molar-refractivity contribution in [1.82, 2.24) is 14.2 Å². The average molecular weight is 300 g/mol. The van der Waals surface area contributed by atoms with Crippen LogP contribution in [0.15, 0.2) is 23.2 Å². The van der Waals surface area contributed by atoms with Crippen LogP contribution in [-0.2, 0) is 10.0 Å². The van der Waals surface area contributed by atoms with Crippen LogP contribution in [0.1, 0.15) is 13.3 Å². The molecule has 1 aromatic heterocycles. The average Bonchev–Trinajstić information content (AvgIpc) is 2.42. The maximum absolute atomic E-state index is 12.3. The zero-order chi connectivity index (χ0) is 15.2. The molecule has 0 bridgehead atoms. The van der Waals surface area contributed by atoms with E-state index in [0.717, 1.165) is 13.0 Å². The highest BCUT2D eigenvalue weighted by atomic mass is 32.2. The van der Waals surface area contributed by atoms with Gasteiger partial charge in [0.2, 0.25) is 10.0 Å². The van der Waals surface area contributed by atoms with Crippen molar-refractivity contribution in [3.05, 3.63) is 18.3 Å². The summed E-state index contributed by atoms with van der Waals surface area (Å²) in [5, 5.41) is 3.12. The Morgan fingerprint density at radius 1 is 1.20 bits per heavy atom. The third-order valence-corrected chi connectivity index (χ3v) is 4.70. The molecule has 0 fully saturated rings. The lowest BCUT2D eigenvalue weighted by atomic mass is 10.4. The van der Waals surface area contributed by atoms with Gasteiger partial charge in [-0.3, -0.25) is 0 Å². The molecule has 0 aromatic carbocycles. The van der Waals surface area contributed by atoms with E-state index < -0.39 is 10.0 Å². The molecule has 7 heteroatoms. The molecule has 0 radical (unpaired) electrons. The summed E-state index contributed by atoms with van der Waals surface area (Å²) in [5.41, 5.74) is 0. The summed E-state index contributed by atoms with van der Waals surface area (Å²) in [6.45, 7) is 4.01. The number of hydrogen-bond acceptors (Lipinski definition) is 5. The number of sulfonamides is 1. The van der Waals surface area contributed by atoms with Gasteiger partial charge in [0.25, 0.3) is 0 Å². The minimum Gasteiger partial charge on any atom is -0.370 e. The first kappa shape index (κ1) is 16.9. The van der Waals surface area contributed by atoms with E-state index in [4.69, 9.17) is 0 Å². The van der Waals surface area contributed by atoms with Crippen LogP contribution < -0.4 is 5.32 Å². The molecule has 0 aliphatic heterocycles. The van der Waals surface area contributed by atoms with Crippen molar-refractivity contribution in [2.45, 2.75) is 18.2 Å². The second-order valence-corrected chi connectivity index (χ2v) is 6.98. The number of pyridine rings is 1. The second-order valence-electron chi connectivity index (χ2n) is 4.94. The van der Waals surface area contributed by atoms with Gasteiger partial charge in [-0.15, -0.1) is 0 Å². The van der Waals surface area contributed by atoms with Crippen molar-refractivity contribution >= 4 is 15.8 Å². The van der Waals surface area contributed by atoms with Gasteiger partial charge in [-0.05, 0) is 32.6 Å². The van der Waals surface area contributed by atoms with Gasteiger partial charge in [0.05, 0.1) is 0 Å². The first-order valence-electron chi connectivity index (χ1n) is 6.69. The summed E-state index contributed by atoms with van der Waals surface area (Å²) >= 11 is 0. The van der Waals surface area contributed by atoms with Crippen molar-refractivity contribution in [2.75, 3.05) is 46.1 Å². The van der Waals surface area contributed by atoms with Crippen molar-refractivity contribution in [3.63, 3.8) is 0 Å². The van der Waals surface area contributed by atoms with E-state index in [1.54, 1.807) is 19.2 Å². The maximum atomic E-state index is 12.3. The highest BCUT2D eigenvalue weighted by Gasteiger charge is 2.20. The molecule has 0 saturated carbocycles. The molecular weight excluding hydrogens is 276 g/mol. The van der Waals surface area contributed by atoms with E-state index in [1.165, 1.54) is 10.5 Å². The Morgan fingerprint density at radius 2 is 1.90 bits per heavy atom. The van der Waals surface area contributed by atoms with E-state index in [1.807, 2.05) is 19.0 Å². The molecule has 6 nitrogen and oxygen atoms in total. The standard InChI is InChI=1S/C13H24N4O2S/c1-5-8-14-13-7-6-12(11-15-13)20(18,19)17(4)10-9-16(2)3/h6-7,11H,5,8-10H2,1-4H3,(H,14,15). The lowest BCUT2D eigenvalue weighted by Crippen LogP contribution is -2.33. The van der Waals surface area contributed by atoms with E-state index in [2.05, 4.69) is 17.2 Å². The zero-order valence-corrected chi connectivity index (χ0v) is 13.4. The zero-order valence-electron chi connectivity index (χ0n) is 12.6. The molecule has 1 rings (SSSR count). The van der Waals surface area contributed by atoms with Gasteiger partial charge in [-0.25, -0.2) is 13.4 Å². The summed E-state index contributed by atoms with van der Waals surface area (Å²) < 4.78 is 26.0. The lowest BCUT2D eigenvalue weighted by molar-refractivity contribution is 0.358. The number of likely N-dealkylation sites (N-methyl/N-ethyl adjacent to an activating group) is 2. The predicted molar refractivity (Wildman–Crippen MR) is 81.4 cm³/mol. The quantitative estimate of drug-likeness (QED) is 0.778. The summed E-state index contributed by atoms with van der Waals surface area (Å²) in [6, 6.07) is 3.29. The Labute approximate surface area is 121 Å². The molecule has 1 heterocycles. The molecule has 1 aromatic rings. The first-order chi connectivity index (χ1) is 9.37. The summed E-state index contributed by atoms with van der Waals surface area (Å²) in [7, 11) is 1.96. The lowest BCUT2D eigenvalue weighted by Gasteiger charge is -2.19. The molecule has 114 valence electrons.